The first-order valence-electron chi connectivity index (χ1n) is 7.91. The van der Waals surface area contributed by atoms with Gasteiger partial charge in [-0.05, 0) is 5.56 Å². The van der Waals surface area contributed by atoms with Crippen LogP contribution in [0.3, 0.4) is 0 Å². The molecule has 134 valence electrons. The molecule has 0 unspecified atom stereocenters. The van der Waals surface area contributed by atoms with Crippen LogP contribution in [-0.4, -0.2) is 45.2 Å². The van der Waals surface area contributed by atoms with Gasteiger partial charge >= 0.3 is 5.97 Å². The number of hydrogen-bond acceptors (Lipinski definition) is 6. The molecule has 8 heteroatoms. The number of thiazole rings is 1. The number of amides is 1. The Morgan fingerprint density at radius 2 is 2.04 bits per heavy atom. The Morgan fingerprint density at radius 3 is 2.69 bits per heavy atom. The first-order valence-corrected chi connectivity index (χ1v) is 8.79. The van der Waals surface area contributed by atoms with Crippen molar-refractivity contribution in [3.05, 3.63) is 59.4 Å². The summed E-state index contributed by atoms with van der Waals surface area (Å²) in [5.41, 5.74) is 2.07. The molecule has 1 amide bonds. The molecule has 0 atom stereocenters. The maximum absolute atomic E-state index is 12.9. The number of ether oxygens (including phenoxy) is 1. The summed E-state index contributed by atoms with van der Waals surface area (Å²) < 4.78 is 6.40. The number of aryl methyl sites for hydroxylation is 1. The normalized spacial score (nSPS) is 10.5. The summed E-state index contributed by atoms with van der Waals surface area (Å²) in [7, 11) is 3.12. The van der Waals surface area contributed by atoms with Crippen LogP contribution in [-0.2, 0) is 23.1 Å². The van der Waals surface area contributed by atoms with Gasteiger partial charge in [-0.15, -0.1) is 11.3 Å². The summed E-state index contributed by atoms with van der Waals surface area (Å²) in [6, 6.07) is 9.48. The number of benzene rings is 1. The lowest BCUT2D eigenvalue weighted by Gasteiger charge is -2.20. The molecule has 0 N–H and O–H groups in total. The van der Waals surface area contributed by atoms with Crippen molar-refractivity contribution in [2.24, 2.45) is 7.05 Å². The van der Waals surface area contributed by atoms with Crippen LogP contribution >= 0.6 is 11.3 Å². The van der Waals surface area contributed by atoms with E-state index < -0.39 is 5.97 Å². The fourth-order valence-corrected chi connectivity index (χ4v) is 3.19. The van der Waals surface area contributed by atoms with Crippen molar-refractivity contribution >= 4 is 23.2 Å². The van der Waals surface area contributed by atoms with Gasteiger partial charge in [0.2, 0.25) is 0 Å². The lowest BCUT2D eigenvalue weighted by atomic mass is 10.2. The zero-order valence-corrected chi connectivity index (χ0v) is 15.3. The number of carbonyl (C=O) groups excluding carboxylic acids is 2. The molecule has 26 heavy (non-hydrogen) atoms. The van der Waals surface area contributed by atoms with E-state index in [0.717, 1.165) is 11.1 Å². The molecule has 0 fully saturated rings. The van der Waals surface area contributed by atoms with Gasteiger partial charge in [0.05, 0.1) is 13.3 Å². The van der Waals surface area contributed by atoms with Crippen molar-refractivity contribution in [2.45, 2.75) is 6.54 Å². The summed E-state index contributed by atoms with van der Waals surface area (Å²) >= 11 is 1.36. The maximum Gasteiger partial charge on any atom is 0.325 e. The van der Waals surface area contributed by atoms with E-state index in [0.29, 0.717) is 17.2 Å². The molecule has 0 radical (unpaired) electrons. The van der Waals surface area contributed by atoms with E-state index in [-0.39, 0.29) is 12.5 Å². The van der Waals surface area contributed by atoms with E-state index in [1.165, 1.54) is 23.3 Å². The minimum absolute atomic E-state index is 0.135. The molecule has 1 aromatic carbocycles. The predicted molar refractivity (Wildman–Crippen MR) is 97.5 cm³/mol. The fraction of sp³-hybridized carbons (Fsp3) is 0.222. The van der Waals surface area contributed by atoms with Crippen molar-refractivity contribution in [3.8, 4) is 10.6 Å². The van der Waals surface area contributed by atoms with Crippen LogP contribution in [0.1, 0.15) is 16.1 Å². The van der Waals surface area contributed by atoms with Crippen LogP contribution in [0.25, 0.3) is 10.6 Å². The Balaban J connectivity index is 1.82. The first-order chi connectivity index (χ1) is 12.6. The summed E-state index contributed by atoms with van der Waals surface area (Å²) in [6.07, 6.45) is 3.53. The zero-order valence-electron chi connectivity index (χ0n) is 14.5. The lowest BCUT2D eigenvalue weighted by Crippen LogP contribution is -2.36. The van der Waals surface area contributed by atoms with Gasteiger partial charge in [0.1, 0.15) is 17.2 Å². The van der Waals surface area contributed by atoms with E-state index in [2.05, 4.69) is 10.1 Å². The molecular weight excluding hydrogens is 352 g/mol. The highest BCUT2D eigenvalue weighted by Crippen LogP contribution is 2.24. The average molecular weight is 370 g/mol. The molecule has 0 saturated carbocycles. The highest BCUT2D eigenvalue weighted by molar-refractivity contribution is 7.13. The maximum atomic E-state index is 12.9. The van der Waals surface area contributed by atoms with Crippen LogP contribution < -0.4 is 0 Å². The monoisotopic (exact) mass is 370 g/mol. The Kier molecular flexibility index (Phi) is 5.43. The van der Waals surface area contributed by atoms with E-state index in [9.17, 15) is 9.59 Å². The zero-order chi connectivity index (χ0) is 18.5. The van der Waals surface area contributed by atoms with Crippen LogP contribution in [0.5, 0.6) is 0 Å². The van der Waals surface area contributed by atoms with Crippen molar-refractivity contribution in [2.75, 3.05) is 13.7 Å². The Bertz CT molecular complexity index is 904. The number of hydrogen-bond donors (Lipinski definition) is 0. The molecule has 3 aromatic rings. The second-order valence-electron chi connectivity index (χ2n) is 5.66. The summed E-state index contributed by atoms with van der Waals surface area (Å²) in [6.45, 7) is 0.165. The molecule has 0 spiro atoms. The smallest absolute Gasteiger partial charge is 0.325 e. The molecule has 2 heterocycles. The fourth-order valence-electron chi connectivity index (χ4n) is 2.42. The van der Waals surface area contributed by atoms with Gasteiger partial charge in [-0.1, -0.05) is 30.3 Å². The first kappa shape index (κ1) is 17.8. The second-order valence-corrected chi connectivity index (χ2v) is 6.52. The number of methoxy groups -OCH3 is 1. The van der Waals surface area contributed by atoms with Crippen molar-refractivity contribution in [1.82, 2.24) is 19.7 Å². The van der Waals surface area contributed by atoms with E-state index in [1.807, 2.05) is 43.6 Å². The second kappa shape index (κ2) is 7.92. The minimum Gasteiger partial charge on any atom is -0.468 e. The highest BCUT2D eigenvalue weighted by atomic mass is 32.1. The van der Waals surface area contributed by atoms with E-state index >= 15 is 0 Å². The van der Waals surface area contributed by atoms with Gasteiger partial charge < -0.3 is 9.64 Å². The van der Waals surface area contributed by atoms with Crippen molar-refractivity contribution in [1.29, 1.82) is 0 Å². The van der Waals surface area contributed by atoms with Crippen molar-refractivity contribution < 1.29 is 14.3 Å². The molecule has 0 aliphatic carbocycles. The number of carbonyl (C=O) groups is 2. The quantitative estimate of drug-likeness (QED) is 0.623. The third-order valence-electron chi connectivity index (χ3n) is 3.73. The Hall–Kier alpha value is -3.00. The number of rotatable bonds is 6. The number of nitrogens with zero attached hydrogens (tertiary/aromatic N) is 4. The molecule has 0 aliphatic rings. The largest absolute Gasteiger partial charge is 0.468 e. The third-order valence-corrected chi connectivity index (χ3v) is 4.62. The molecule has 0 bridgehead atoms. The minimum atomic E-state index is -0.475. The number of esters is 1. The molecular formula is C18H18N4O3S. The van der Waals surface area contributed by atoms with Crippen molar-refractivity contribution in [3.63, 3.8) is 0 Å². The molecule has 0 aliphatic heterocycles. The highest BCUT2D eigenvalue weighted by Gasteiger charge is 2.22. The SMILES string of the molecule is COC(=O)CN(Cc1ccccc1)C(=O)c1csc(-c2cnn(C)c2)n1. The van der Waals surface area contributed by atoms with Crippen LogP contribution in [0.2, 0.25) is 0 Å². The lowest BCUT2D eigenvalue weighted by molar-refractivity contribution is -0.141. The summed E-state index contributed by atoms with van der Waals surface area (Å²) in [5.74, 6) is -0.789. The standard InChI is InChI=1S/C18H18N4O3S/c1-21-10-14(8-19-21)17-20-15(12-26-17)18(24)22(11-16(23)25-2)9-13-6-4-3-5-7-13/h3-8,10,12H,9,11H2,1-2H3. The molecule has 0 saturated heterocycles. The van der Waals surface area contributed by atoms with Gasteiger partial charge in [0, 0.05) is 30.7 Å². The van der Waals surface area contributed by atoms with Crippen LogP contribution in [0.15, 0.2) is 48.1 Å². The average Bonchev–Trinajstić information content (AvgIpc) is 3.30. The number of aromatic nitrogens is 3. The summed E-state index contributed by atoms with van der Waals surface area (Å²) in [4.78, 5) is 30.5. The van der Waals surface area contributed by atoms with Crippen LogP contribution in [0, 0.1) is 0 Å². The van der Waals surface area contributed by atoms with Gasteiger partial charge in [0.15, 0.2) is 0 Å². The summed E-state index contributed by atoms with van der Waals surface area (Å²) in [5, 5.41) is 6.52. The van der Waals surface area contributed by atoms with E-state index in [1.54, 1.807) is 16.3 Å². The van der Waals surface area contributed by atoms with Gasteiger partial charge in [-0.2, -0.15) is 5.10 Å². The van der Waals surface area contributed by atoms with Gasteiger partial charge in [-0.25, -0.2) is 4.98 Å². The Labute approximate surface area is 154 Å². The van der Waals surface area contributed by atoms with Crippen LogP contribution in [0.4, 0.5) is 0 Å². The van der Waals surface area contributed by atoms with Gasteiger partial charge in [0.25, 0.3) is 5.91 Å². The topological polar surface area (TPSA) is 77.3 Å². The van der Waals surface area contributed by atoms with Gasteiger partial charge in [-0.3, -0.25) is 14.3 Å². The molecule has 3 rings (SSSR count). The molecule has 7 nitrogen and oxygen atoms in total. The third kappa shape index (κ3) is 4.15. The molecule has 2 aromatic heterocycles. The van der Waals surface area contributed by atoms with E-state index in [4.69, 9.17) is 4.74 Å². The Morgan fingerprint density at radius 1 is 1.27 bits per heavy atom. The predicted octanol–water partition coefficient (Wildman–Crippen LogP) is 2.36.